The number of benzene rings is 2. The summed E-state index contributed by atoms with van der Waals surface area (Å²) < 4.78 is 13.8. The Labute approximate surface area is 176 Å². The van der Waals surface area contributed by atoms with E-state index >= 15 is 0 Å². The summed E-state index contributed by atoms with van der Waals surface area (Å²) in [4.78, 5) is 26.9. The maximum Gasteiger partial charge on any atom is 0.317 e. The average Bonchev–Trinajstić information content (AvgIpc) is 2.75. The predicted octanol–water partition coefficient (Wildman–Crippen LogP) is 4.41. The minimum Gasteiger partial charge on any atom is -0.335 e. The van der Waals surface area contributed by atoms with Gasteiger partial charge >= 0.3 is 6.03 Å². The lowest BCUT2D eigenvalue weighted by molar-refractivity contribution is -0.115. The second-order valence-corrected chi connectivity index (χ2v) is 8.26. The Hall–Kier alpha value is -2.89. The van der Waals surface area contributed by atoms with Gasteiger partial charge in [0.25, 0.3) is 0 Å². The monoisotopic (exact) mass is 409 g/mol. The van der Waals surface area contributed by atoms with E-state index in [2.05, 4.69) is 10.6 Å². The average molecular weight is 410 g/mol. The van der Waals surface area contributed by atoms with Crippen LogP contribution in [0.2, 0.25) is 0 Å². The molecule has 0 radical (unpaired) electrons. The number of nitrogens with one attached hydrogen (secondary N) is 2. The van der Waals surface area contributed by atoms with Crippen LogP contribution in [0.5, 0.6) is 0 Å². The molecule has 30 heavy (non-hydrogen) atoms. The van der Waals surface area contributed by atoms with Gasteiger partial charge in [0, 0.05) is 24.8 Å². The maximum absolute atomic E-state index is 13.8. The number of hydrogen-bond acceptors (Lipinski definition) is 2. The fourth-order valence-electron chi connectivity index (χ4n) is 4.34. The molecule has 1 heterocycles. The number of carbonyl (C=O) groups is 2. The van der Waals surface area contributed by atoms with Crippen molar-refractivity contribution in [1.29, 1.82) is 0 Å². The molecular weight excluding hydrogens is 381 g/mol. The highest BCUT2D eigenvalue weighted by molar-refractivity contribution is 5.92. The van der Waals surface area contributed by atoms with E-state index in [0.29, 0.717) is 24.3 Å². The molecule has 0 unspecified atom stereocenters. The Morgan fingerprint density at radius 2 is 1.83 bits per heavy atom. The number of halogens is 1. The van der Waals surface area contributed by atoms with Gasteiger partial charge in [-0.25, -0.2) is 9.18 Å². The largest absolute Gasteiger partial charge is 0.335 e. The first kappa shape index (κ1) is 20.4. The third kappa shape index (κ3) is 4.99. The first-order valence-electron chi connectivity index (χ1n) is 10.8. The predicted molar refractivity (Wildman–Crippen MR) is 115 cm³/mol. The molecule has 0 atom stereocenters. The maximum atomic E-state index is 13.8. The van der Waals surface area contributed by atoms with Crippen LogP contribution in [-0.2, 0) is 24.2 Å². The number of nitrogens with zero attached hydrogens (tertiary/aromatic N) is 1. The van der Waals surface area contributed by atoms with Gasteiger partial charge in [-0.1, -0.05) is 43.5 Å². The third-order valence-corrected chi connectivity index (χ3v) is 6.03. The van der Waals surface area contributed by atoms with Crippen LogP contribution in [0.3, 0.4) is 0 Å². The van der Waals surface area contributed by atoms with E-state index in [1.54, 1.807) is 18.2 Å². The van der Waals surface area contributed by atoms with Crippen LogP contribution < -0.4 is 10.6 Å². The highest BCUT2D eigenvalue weighted by Crippen LogP contribution is 2.24. The summed E-state index contributed by atoms with van der Waals surface area (Å²) in [5, 5.41) is 6.03. The van der Waals surface area contributed by atoms with E-state index in [1.807, 2.05) is 23.1 Å². The Kier molecular flexibility index (Phi) is 6.31. The van der Waals surface area contributed by atoms with Crippen LogP contribution in [0.15, 0.2) is 42.5 Å². The molecule has 2 aromatic carbocycles. The summed E-state index contributed by atoms with van der Waals surface area (Å²) >= 11 is 0. The Morgan fingerprint density at radius 3 is 2.63 bits per heavy atom. The Balaban J connectivity index is 1.37. The number of rotatable bonds is 4. The van der Waals surface area contributed by atoms with Gasteiger partial charge in [0.2, 0.25) is 5.91 Å². The fourth-order valence-corrected chi connectivity index (χ4v) is 4.34. The molecule has 1 aliphatic heterocycles. The smallest absolute Gasteiger partial charge is 0.317 e. The number of hydrogen-bond donors (Lipinski definition) is 2. The second-order valence-electron chi connectivity index (χ2n) is 8.26. The summed E-state index contributed by atoms with van der Waals surface area (Å²) in [5.41, 5.74) is 3.29. The zero-order valence-electron chi connectivity index (χ0n) is 17.1. The van der Waals surface area contributed by atoms with Gasteiger partial charge < -0.3 is 15.5 Å². The van der Waals surface area contributed by atoms with E-state index in [-0.39, 0.29) is 30.2 Å². The van der Waals surface area contributed by atoms with Gasteiger partial charge in [0.15, 0.2) is 0 Å². The fraction of sp³-hybridized carbons (Fsp3) is 0.417. The zero-order chi connectivity index (χ0) is 20.9. The minimum atomic E-state index is -0.377. The summed E-state index contributed by atoms with van der Waals surface area (Å²) in [6, 6.07) is 12.4. The molecule has 1 saturated carbocycles. The molecule has 2 aromatic rings. The van der Waals surface area contributed by atoms with Crippen LogP contribution in [0.25, 0.3) is 0 Å². The molecule has 0 spiro atoms. The van der Waals surface area contributed by atoms with Crippen LogP contribution >= 0.6 is 0 Å². The van der Waals surface area contributed by atoms with Crippen molar-refractivity contribution in [3.8, 4) is 0 Å². The molecule has 158 valence electrons. The summed E-state index contributed by atoms with van der Waals surface area (Å²) in [5.74, 6) is -0.638. The molecular formula is C24H28FN3O2. The van der Waals surface area contributed by atoms with Crippen molar-refractivity contribution in [2.24, 2.45) is 0 Å². The Morgan fingerprint density at radius 1 is 1.03 bits per heavy atom. The quantitative estimate of drug-likeness (QED) is 0.786. The molecule has 0 saturated heterocycles. The molecule has 3 amide bonds. The highest BCUT2D eigenvalue weighted by Gasteiger charge is 2.24. The van der Waals surface area contributed by atoms with Gasteiger partial charge in [-0.05, 0) is 54.2 Å². The van der Waals surface area contributed by atoms with E-state index in [9.17, 15) is 14.0 Å². The van der Waals surface area contributed by atoms with E-state index in [0.717, 1.165) is 24.8 Å². The number of fused-ring (bicyclic) bond motifs is 1. The molecule has 0 aromatic heterocycles. The number of urea groups is 1. The van der Waals surface area contributed by atoms with Crippen molar-refractivity contribution in [2.75, 3.05) is 11.9 Å². The SMILES string of the molecule is O=C(Cc1ccccc1F)Nc1ccc2c(c1)CN(C(=O)NC1CCCCC1)CC2. The summed E-state index contributed by atoms with van der Waals surface area (Å²) in [6.07, 6.45) is 6.54. The van der Waals surface area contributed by atoms with Gasteiger partial charge in [0.1, 0.15) is 5.82 Å². The Bertz CT molecular complexity index is 924. The molecule has 2 aliphatic rings. The van der Waals surface area contributed by atoms with Gasteiger partial charge in [-0.15, -0.1) is 0 Å². The standard InChI is InChI=1S/C24H28FN3O2/c25-22-9-5-4-6-18(22)15-23(29)26-21-11-10-17-12-13-28(16-19(17)14-21)24(30)27-20-7-2-1-3-8-20/h4-6,9-11,14,20H,1-3,7-8,12-13,15-16H2,(H,26,29)(H,27,30). The molecule has 4 rings (SSSR count). The third-order valence-electron chi connectivity index (χ3n) is 6.03. The highest BCUT2D eigenvalue weighted by atomic mass is 19.1. The summed E-state index contributed by atoms with van der Waals surface area (Å²) in [7, 11) is 0. The van der Waals surface area contributed by atoms with Crippen molar-refractivity contribution in [3.05, 3.63) is 65.0 Å². The van der Waals surface area contributed by atoms with Crippen molar-refractivity contribution in [3.63, 3.8) is 0 Å². The number of amides is 3. The lowest BCUT2D eigenvalue weighted by Crippen LogP contribution is -2.47. The van der Waals surface area contributed by atoms with Gasteiger partial charge in [-0.3, -0.25) is 4.79 Å². The first-order chi connectivity index (χ1) is 14.6. The van der Waals surface area contributed by atoms with Crippen molar-refractivity contribution in [2.45, 2.75) is 57.5 Å². The molecule has 1 aliphatic carbocycles. The van der Waals surface area contributed by atoms with Gasteiger partial charge in [-0.2, -0.15) is 0 Å². The molecule has 1 fully saturated rings. The molecule has 2 N–H and O–H groups in total. The number of carbonyl (C=O) groups excluding carboxylic acids is 2. The van der Waals surface area contributed by atoms with E-state index in [4.69, 9.17) is 0 Å². The first-order valence-corrected chi connectivity index (χ1v) is 10.8. The van der Waals surface area contributed by atoms with Crippen molar-refractivity contribution in [1.82, 2.24) is 10.2 Å². The molecule has 0 bridgehead atoms. The van der Waals surface area contributed by atoms with Crippen molar-refractivity contribution < 1.29 is 14.0 Å². The lowest BCUT2D eigenvalue weighted by atomic mass is 9.95. The zero-order valence-corrected chi connectivity index (χ0v) is 17.1. The van der Waals surface area contributed by atoms with Crippen molar-refractivity contribution >= 4 is 17.6 Å². The molecule has 6 heteroatoms. The topological polar surface area (TPSA) is 61.4 Å². The minimum absolute atomic E-state index is 0.00143. The van der Waals surface area contributed by atoms with E-state index in [1.165, 1.54) is 30.9 Å². The molecule has 5 nitrogen and oxygen atoms in total. The van der Waals surface area contributed by atoms with Crippen LogP contribution in [-0.4, -0.2) is 29.4 Å². The number of anilines is 1. The van der Waals surface area contributed by atoms with Crippen LogP contribution in [0.4, 0.5) is 14.9 Å². The lowest BCUT2D eigenvalue weighted by Gasteiger charge is -2.32. The van der Waals surface area contributed by atoms with E-state index < -0.39 is 0 Å². The van der Waals surface area contributed by atoms with Crippen LogP contribution in [0.1, 0.15) is 48.8 Å². The second kappa shape index (κ2) is 9.28. The summed E-state index contributed by atoms with van der Waals surface area (Å²) in [6.45, 7) is 1.23. The van der Waals surface area contributed by atoms with Crippen LogP contribution in [0, 0.1) is 5.82 Å². The normalized spacial score (nSPS) is 16.6. The van der Waals surface area contributed by atoms with Gasteiger partial charge in [0.05, 0.1) is 6.42 Å².